The van der Waals surface area contributed by atoms with Crippen molar-refractivity contribution < 1.29 is 14.7 Å². The largest absolute Gasteiger partial charge is 0.387 e. The molecule has 1 aliphatic heterocycles. The van der Waals surface area contributed by atoms with Gasteiger partial charge in [-0.3, -0.25) is 9.59 Å². The van der Waals surface area contributed by atoms with E-state index in [0.717, 1.165) is 11.3 Å². The fraction of sp³-hybridized carbons (Fsp3) is 0.385. The van der Waals surface area contributed by atoms with Crippen molar-refractivity contribution in [2.24, 2.45) is 0 Å². The molecule has 1 fully saturated rings. The molecule has 0 saturated carbocycles. The van der Waals surface area contributed by atoms with Crippen molar-refractivity contribution in [3.63, 3.8) is 0 Å². The van der Waals surface area contributed by atoms with E-state index in [2.05, 4.69) is 0 Å². The molecule has 0 aliphatic carbocycles. The van der Waals surface area contributed by atoms with Gasteiger partial charge in [0.2, 0.25) is 11.8 Å². The van der Waals surface area contributed by atoms with Crippen LogP contribution in [0.5, 0.6) is 0 Å². The summed E-state index contributed by atoms with van der Waals surface area (Å²) in [6.45, 7) is 2.40. The molecule has 1 aromatic rings. The van der Waals surface area contributed by atoms with Crippen LogP contribution in [0.2, 0.25) is 0 Å². The van der Waals surface area contributed by atoms with Gasteiger partial charge in [-0.25, -0.2) is 0 Å². The Morgan fingerprint density at radius 1 is 1.28 bits per heavy atom. The lowest BCUT2D eigenvalue weighted by atomic mass is 10.2. The van der Waals surface area contributed by atoms with E-state index in [4.69, 9.17) is 5.11 Å². The summed E-state index contributed by atoms with van der Waals surface area (Å²) in [4.78, 5) is 26.3. The molecule has 2 amide bonds. The number of rotatable bonds is 2. The fourth-order valence-electron chi connectivity index (χ4n) is 1.98. The maximum atomic E-state index is 12.0. The molecule has 1 saturated heterocycles. The number of nitrogens with zero attached hydrogens (tertiary/aromatic N) is 2. The van der Waals surface area contributed by atoms with Crippen LogP contribution in [-0.4, -0.2) is 48.1 Å². The molecule has 96 valence electrons. The predicted molar refractivity (Wildman–Crippen MR) is 67.2 cm³/mol. The van der Waals surface area contributed by atoms with Crippen LogP contribution in [0, 0.1) is 6.92 Å². The third kappa shape index (κ3) is 2.51. The molecular formula is C13H16N2O3. The van der Waals surface area contributed by atoms with Gasteiger partial charge in [-0.1, -0.05) is 17.7 Å². The highest BCUT2D eigenvalue weighted by Crippen LogP contribution is 2.17. The Morgan fingerprint density at radius 2 is 1.94 bits per heavy atom. The Hall–Kier alpha value is -1.88. The van der Waals surface area contributed by atoms with Gasteiger partial charge in [0.1, 0.15) is 13.2 Å². The Balaban J connectivity index is 2.08. The minimum absolute atomic E-state index is 0.0350. The third-order valence-electron chi connectivity index (χ3n) is 3.05. The molecule has 5 nitrogen and oxygen atoms in total. The second-order valence-corrected chi connectivity index (χ2v) is 4.35. The number of carbonyl (C=O) groups is 2. The molecule has 1 heterocycles. The number of benzene rings is 1. The minimum Gasteiger partial charge on any atom is -0.387 e. The number of piperazine rings is 1. The molecular weight excluding hydrogens is 232 g/mol. The van der Waals surface area contributed by atoms with Gasteiger partial charge >= 0.3 is 0 Å². The lowest BCUT2D eigenvalue weighted by Crippen LogP contribution is -2.53. The highest BCUT2D eigenvalue weighted by molar-refractivity contribution is 5.98. The van der Waals surface area contributed by atoms with Crippen molar-refractivity contribution in [1.82, 2.24) is 4.90 Å². The minimum atomic E-state index is -0.544. The van der Waals surface area contributed by atoms with Crippen LogP contribution >= 0.6 is 0 Å². The summed E-state index contributed by atoms with van der Waals surface area (Å²) in [5, 5.41) is 8.77. The van der Waals surface area contributed by atoms with Gasteiger partial charge in [-0.2, -0.15) is 0 Å². The zero-order chi connectivity index (χ0) is 13.1. The van der Waals surface area contributed by atoms with E-state index in [-0.39, 0.29) is 12.5 Å². The first-order chi connectivity index (χ1) is 8.61. The normalized spacial score (nSPS) is 16.0. The summed E-state index contributed by atoms with van der Waals surface area (Å²) < 4.78 is 0. The van der Waals surface area contributed by atoms with Crippen LogP contribution in [0.4, 0.5) is 5.69 Å². The zero-order valence-electron chi connectivity index (χ0n) is 10.3. The molecule has 2 rings (SSSR count). The van der Waals surface area contributed by atoms with E-state index in [1.165, 1.54) is 4.90 Å². The van der Waals surface area contributed by atoms with Gasteiger partial charge in [0.15, 0.2) is 0 Å². The summed E-state index contributed by atoms with van der Waals surface area (Å²) >= 11 is 0. The molecule has 0 bridgehead atoms. The topological polar surface area (TPSA) is 60.9 Å². The van der Waals surface area contributed by atoms with Gasteiger partial charge in [0, 0.05) is 18.8 Å². The standard InChI is InChI=1S/C13H16N2O3/c1-10-2-4-11(5-3-10)15-7-6-14(8-12(15)17)13(18)9-16/h2-5,16H,6-9H2,1H3. The van der Waals surface area contributed by atoms with Crippen LogP contribution in [-0.2, 0) is 9.59 Å². The number of aliphatic hydroxyl groups excluding tert-OH is 1. The first-order valence-electron chi connectivity index (χ1n) is 5.87. The number of anilines is 1. The number of hydrogen-bond acceptors (Lipinski definition) is 3. The quantitative estimate of drug-likeness (QED) is 0.811. The molecule has 0 unspecified atom stereocenters. The van der Waals surface area contributed by atoms with E-state index in [1.807, 2.05) is 31.2 Å². The number of carbonyl (C=O) groups excluding carboxylic acids is 2. The van der Waals surface area contributed by atoms with Crippen molar-refractivity contribution in [3.05, 3.63) is 29.8 Å². The van der Waals surface area contributed by atoms with E-state index in [1.54, 1.807) is 4.90 Å². The highest BCUT2D eigenvalue weighted by atomic mass is 16.3. The molecule has 1 aromatic carbocycles. The summed E-state index contributed by atoms with van der Waals surface area (Å²) in [6.07, 6.45) is 0. The second-order valence-electron chi connectivity index (χ2n) is 4.35. The van der Waals surface area contributed by atoms with Crippen LogP contribution in [0.3, 0.4) is 0 Å². The van der Waals surface area contributed by atoms with Crippen LogP contribution < -0.4 is 4.90 Å². The van der Waals surface area contributed by atoms with Crippen molar-refractivity contribution in [2.45, 2.75) is 6.92 Å². The first-order valence-corrected chi connectivity index (χ1v) is 5.87. The van der Waals surface area contributed by atoms with Gasteiger partial charge < -0.3 is 14.9 Å². The summed E-state index contributed by atoms with van der Waals surface area (Å²) in [6, 6.07) is 7.70. The maximum Gasteiger partial charge on any atom is 0.248 e. The predicted octanol–water partition coefficient (Wildman–Crippen LogP) is 0.163. The summed E-state index contributed by atoms with van der Waals surface area (Å²) in [5.41, 5.74) is 1.99. The second kappa shape index (κ2) is 5.18. The molecule has 0 atom stereocenters. The third-order valence-corrected chi connectivity index (χ3v) is 3.05. The Labute approximate surface area is 106 Å². The van der Waals surface area contributed by atoms with Crippen molar-refractivity contribution in [2.75, 3.05) is 31.1 Å². The number of aryl methyl sites for hydroxylation is 1. The SMILES string of the molecule is Cc1ccc(N2CCN(C(=O)CO)CC2=O)cc1. The Bertz CT molecular complexity index is 456. The van der Waals surface area contributed by atoms with Crippen LogP contribution in [0.15, 0.2) is 24.3 Å². The maximum absolute atomic E-state index is 12.0. The fourth-order valence-corrected chi connectivity index (χ4v) is 1.98. The molecule has 0 aromatic heterocycles. The van der Waals surface area contributed by atoms with Gasteiger partial charge in [-0.15, -0.1) is 0 Å². The molecule has 5 heteroatoms. The zero-order valence-corrected chi connectivity index (χ0v) is 10.3. The number of hydrogen-bond donors (Lipinski definition) is 1. The van der Waals surface area contributed by atoms with E-state index in [0.29, 0.717) is 13.1 Å². The number of aliphatic hydroxyl groups is 1. The Morgan fingerprint density at radius 3 is 2.50 bits per heavy atom. The molecule has 18 heavy (non-hydrogen) atoms. The molecule has 0 spiro atoms. The Kier molecular flexibility index (Phi) is 3.62. The summed E-state index contributed by atoms with van der Waals surface area (Å²) in [5.74, 6) is -0.515. The monoisotopic (exact) mass is 248 g/mol. The van der Waals surface area contributed by atoms with E-state index >= 15 is 0 Å². The first kappa shape index (κ1) is 12.6. The highest BCUT2D eigenvalue weighted by Gasteiger charge is 2.27. The lowest BCUT2D eigenvalue weighted by molar-refractivity contribution is -0.139. The lowest BCUT2D eigenvalue weighted by Gasteiger charge is -2.34. The van der Waals surface area contributed by atoms with Crippen molar-refractivity contribution >= 4 is 17.5 Å². The number of amides is 2. The van der Waals surface area contributed by atoms with Gasteiger partial charge in [-0.05, 0) is 19.1 Å². The van der Waals surface area contributed by atoms with Crippen LogP contribution in [0.1, 0.15) is 5.56 Å². The van der Waals surface area contributed by atoms with E-state index in [9.17, 15) is 9.59 Å². The average molecular weight is 248 g/mol. The van der Waals surface area contributed by atoms with Gasteiger partial charge in [0.05, 0.1) is 0 Å². The molecule has 1 N–H and O–H groups in total. The van der Waals surface area contributed by atoms with Crippen LogP contribution in [0.25, 0.3) is 0 Å². The van der Waals surface area contributed by atoms with E-state index < -0.39 is 12.5 Å². The van der Waals surface area contributed by atoms with Crippen molar-refractivity contribution in [3.8, 4) is 0 Å². The van der Waals surface area contributed by atoms with Crippen molar-refractivity contribution in [1.29, 1.82) is 0 Å². The molecule has 1 aliphatic rings. The smallest absolute Gasteiger partial charge is 0.248 e. The molecule has 0 radical (unpaired) electrons. The average Bonchev–Trinajstić information content (AvgIpc) is 2.39. The summed E-state index contributed by atoms with van der Waals surface area (Å²) in [7, 11) is 0. The van der Waals surface area contributed by atoms with Gasteiger partial charge in [0.25, 0.3) is 0 Å².